The molecule has 2 aliphatic rings. The first-order chi connectivity index (χ1) is 10.2. The molecule has 1 saturated heterocycles. The molecule has 3 rings (SSSR count). The standard InChI is InChI=1S/C15H20BrN3O2/c16-11-2-1-10(8-17)13(7-11)19-5-6-21-9-14(19)15(20)18-12-3-4-12/h1-2,7,12,14H,3-6,8-9,17H2,(H,18,20). The van der Waals surface area contributed by atoms with Crippen LogP contribution in [0, 0.1) is 0 Å². The summed E-state index contributed by atoms with van der Waals surface area (Å²) in [7, 11) is 0. The zero-order chi connectivity index (χ0) is 14.8. The normalized spacial score (nSPS) is 22.2. The second kappa shape index (κ2) is 6.34. The minimum atomic E-state index is -0.279. The fraction of sp³-hybridized carbons (Fsp3) is 0.533. The van der Waals surface area contributed by atoms with Crippen molar-refractivity contribution in [1.29, 1.82) is 0 Å². The number of nitrogens with two attached hydrogens (primary N) is 1. The summed E-state index contributed by atoms with van der Waals surface area (Å²) in [5.74, 6) is 0.0557. The molecule has 5 nitrogen and oxygen atoms in total. The van der Waals surface area contributed by atoms with Crippen LogP contribution in [0.3, 0.4) is 0 Å². The van der Waals surface area contributed by atoms with Crippen molar-refractivity contribution >= 4 is 27.5 Å². The molecule has 0 bridgehead atoms. The van der Waals surface area contributed by atoms with E-state index in [0.29, 0.717) is 32.3 Å². The molecule has 1 aromatic carbocycles. The second-order valence-electron chi connectivity index (χ2n) is 5.54. The van der Waals surface area contributed by atoms with Gasteiger partial charge in [-0.25, -0.2) is 0 Å². The van der Waals surface area contributed by atoms with Gasteiger partial charge in [0.15, 0.2) is 0 Å². The topological polar surface area (TPSA) is 67.6 Å². The third-order valence-corrected chi connectivity index (χ3v) is 4.42. The first-order valence-electron chi connectivity index (χ1n) is 7.32. The molecule has 1 amide bonds. The van der Waals surface area contributed by atoms with Gasteiger partial charge in [-0.15, -0.1) is 0 Å². The van der Waals surface area contributed by atoms with Gasteiger partial charge in [0.25, 0.3) is 0 Å². The first kappa shape index (κ1) is 14.8. The van der Waals surface area contributed by atoms with Crippen molar-refractivity contribution in [2.24, 2.45) is 5.73 Å². The van der Waals surface area contributed by atoms with Gasteiger partial charge in [-0.05, 0) is 30.5 Å². The molecule has 21 heavy (non-hydrogen) atoms. The number of benzene rings is 1. The Balaban J connectivity index is 1.86. The van der Waals surface area contributed by atoms with Gasteiger partial charge in [-0.2, -0.15) is 0 Å². The predicted octanol–water partition coefficient (Wildman–Crippen LogP) is 1.39. The fourth-order valence-electron chi connectivity index (χ4n) is 2.61. The summed E-state index contributed by atoms with van der Waals surface area (Å²) >= 11 is 3.50. The number of carbonyl (C=O) groups excluding carboxylic acids is 1. The number of morpholine rings is 1. The Morgan fingerprint density at radius 2 is 2.29 bits per heavy atom. The maximum Gasteiger partial charge on any atom is 0.245 e. The van der Waals surface area contributed by atoms with E-state index in [0.717, 1.165) is 28.6 Å². The molecule has 6 heteroatoms. The van der Waals surface area contributed by atoms with E-state index < -0.39 is 0 Å². The Kier molecular flexibility index (Phi) is 4.47. The molecule has 0 radical (unpaired) electrons. The monoisotopic (exact) mass is 353 g/mol. The lowest BCUT2D eigenvalue weighted by atomic mass is 10.1. The van der Waals surface area contributed by atoms with Gasteiger partial charge in [0.05, 0.1) is 13.2 Å². The molecule has 1 aliphatic heterocycles. The molecule has 3 N–H and O–H groups in total. The molecular weight excluding hydrogens is 334 g/mol. The van der Waals surface area contributed by atoms with E-state index in [1.165, 1.54) is 0 Å². The van der Waals surface area contributed by atoms with Crippen molar-refractivity contribution in [3.8, 4) is 0 Å². The third kappa shape index (κ3) is 3.39. The van der Waals surface area contributed by atoms with Crippen LogP contribution in [0.2, 0.25) is 0 Å². The molecule has 114 valence electrons. The van der Waals surface area contributed by atoms with Crippen molar-refractivity contribution in [1.82, 2.24) is 5.32 Å². The lowest BCUT2D eigenvalue weighted by molar-refractivity contribution is -0.124. The Morgan fingerprint density at radius 1 is 1.48 bits per heavy atom. The maximum absolute atomic E-state index is 12.4. The van der Waals surface area contributed by atoms with Crippen LogP contribution in [0.15, 0.2) is 22.7 Å². The molecule has 0 aromatic heterocycles. The number of anilines is 1. The summed E-state index contributed by atoms with van der Waals surface area (Å²) in [6.07, 6.45) is 2.18. The van der Waals surface area contributed by atoms with Crippen molar-refractivity contribution in [3.63, 3.8) is 0 Å². The summed E-state index contributed by atoms with van der Waals surface area (Å²) in [5, 5.41) is 3.07. The fourth-order valence-corrected chi connectivity index (χ4v) is 2.96. The van der Waals surface area contributed by atoms with E-state index in [-0.39, 0.29) is 11.9 Å². The van der Waals surface area contributed by atoms with Gasteiger partial charge in [-0.3, -0.25) is 4.79 Å². The largest absolute Gasteiger partial charge is 0.377 e. The molecule has 1 unspecified atom stereocenters. The number of ether oxygens (including phenoxy) is 1. The summed E-state index contributed by atoms with van der Waals surface area (Å²) in [4.78, 5) is 14.6. The van der Waals surface area contributed by atoms with Gasteiger partial charge >= 0.3 is 0 Å². The van der Waals surface area contributed by atoms with Crippen LogP contribution in [-0.4, -0.2) is 37.7 Å². The number of rotatable bonds is 4. The highest BCUT2D eigenvalue weighted by Gasteiger charge is 2.34. The number of amides is 1. The molecule has 1 aromatic rings. The van der Waals surface area contributed by atoms with Crippen LogP contribution >= 0.6 is 15.9 Å². The highest BCUT2D eigenvalue weighted by molar-refractivity contribution is 9.10. The highest BCUT2D eigenvalue weighted by Crippen LogP contribution is 2.28. The van der Waals surface area contributed by atoms with Crippen LogP contribution in [0.4, 0.5) is 5.69 Å². The lowest BCUT2D eigenvalue weighted by Crippen LogP contribution is -2.54. The molecule has 1 atom stereocenters. The first-order valence-corrected chi connectivity index (χ1v) is 8.11. The summed E-state index contributed by atoms with van der Waals surface area (Å²) < 4.78 is 6.50. The number of hydrogen-bond donors (Lipinski definition) is 2. The molecule has 0 spiro atoms. The van der Waals surface area contributed by atoms with E-state index in [1.807, 2.05) is 18.2 Å². The average molecular weight is 354 g/mol. The van der Waals surface area contributed by atoms with Gasteiger partial charge < -0.3 is 20.7 Å². The summed E-state index contributed by atoms with van der Waals surface area (Å²) in [6, 6.07) is 6.10. The van der Waals surface area contributed by atoms with Crippen LogP contribution in [-0.2, 0) is 16.1 Å². The van der Waals surface area contributed by atoms with E-state index in [4.69, 9.17) is 10.5 Å². The van der Waals surface area contributed by atoms with E-state index in [2.05, 4.69) is 26.1 Å². The Hall–Kier alpha value is -1.11. The maximum atomic E-state index is 12.4. The average Bonchev–Trinajstić information content (AvgIpc) is 3.31. The van der Waals surface area contributed by atoms with Crippen molar-refractivity contribution < 1.29 is 9.53 Å². The smallest absolute Gasteiger partial charge is 0.245 e. The van der Waals surface area contributed by atoms with Crippen molar-refractivity contribution in [2.45, 2.75) is 31.5 Å². The number of nitrogens with one attached hydrogen (secondary N) is 1. The van der Waals surface area contributed by atoms with E-state index >= 15 is 0 Å². The highest BCUT2D eigenvalue weighted by atomic mass is 79.9. The van der Waals surface area contributed by atoms with Crippen molar-refractivity contribution in [2.75, 3.05) is 24.7 Å². The number of hydrogen-bond acceptors (Lipinski definition) is 4. The summed E-state index contributed by atoms with van der Waals surface area (Å²) in [5.41, 5.74) is 7.91. The Bertz CT molecular complexity index is 534. The van der Waals surface area contributed by atoms with Gasteiger partial charge in [0.2, 0.25) is 5.91 Å². The lowest BCUT2D eigenvalue weighted by Gasteiger charge is -2.37. The molecular formula is C15H20BrN3O2. The minimum Gasteiger partial charge on any atom is -0.377 e. The number of halogens is 1. The van der Waals surface area contributed by atoms with Gasteiger partial charge in [0.1, 0.15) is 6.04 Å². The molecule has 1 aliphatic carbocycles. The van der Waals surface area contributed by atoms with Crippen LogP contribution in [0.25, 0.3) is 0 Å². The Labute approximate surface area is 132 Å². The zero-order valence-electron chi connectivity index (χ0n) is 11.8. The quantitative estimate of drug-likeness (QED) is 0.858. The number of carbonyl (C=O) groups is 1. The molecule has 2 fully saturated rings. The van der Waals surface area contributed by atoms with Gasteiger partial charge in [-0.1, -0.05) is 22.0 Å². The second-order valence-corrected chi connectivity index (χ2v) is 6.46. The zero-order valence-corrected chi connectivity index (χ0v) is 13.4. The van der Waals surface area contributed by atoms with E-state index in [1.54, 1.807) is 0 Å². The van der Waals surface area contributed by atoms with Gasteiger partial charge in [0, 0.05) is 29.3 Å². The predicted molar refractivity (Wildman–Crippen MR) is 85.2 cm³/mol. The third-order valence-electron chi connectivity index (χ3n) is 3.93. The van der Waals surface area contributed by atoms with Crippen LogP contribution in [0.1, 0.15) is 18.4 Å². The van der Waals surface area contributed by atoms with E-state index in [9.17, 15) is 4.79 Å². The van der Waals surface area contributed by atoms with Crippen molar-refractivity contribution in [3.05, 3.63) is 28.2 Å². The Morgan fingerprint density at radius 3 is 3.00 bits per heavy atom. The number of nitrogens with zero attached hydrogens (tertiary/aromatic N) is 1. The molecule has 1 saturated carbocycles. The SMILES string of the molecule is NCc1ccc(Br)cc1N1CCOCC1C(=O)NC1CC1. The molecule has 1 heterocycles. The summed E-state index contributed by atoms with van der Waals surface area (Å²) in [6.45, 7) is 2.21. The minimum absolute atomic E-state index is 0.0557. The van der Waals surface area contributed by atoms with Crippen LogP contribution in [0.5, 0.6) is 0 Å². The van der Waals surface area contributed by atoms with Crippen LogP contribution < -0.4 is 16.0 Å².